The lowest BCUT2D eigenvalue weighted by Crippen LogP contribution is -2.42. The average molecular weight is 357 g/mol. The molecule has 5 heteroatoms. The molecule has 1 saturated carbocycles. The zero-order valence-electron chi connectivity index (χ0n) is 16.3. The van der Waals surface area contributed by atoms with E-state index in [-0.39, 0.29) is 5.92 Å². The van der Waals surface area contributed by atoms with Crippen LogP contribution in [0.15, 0.2) is 0 Å². The van der Waals surface area contributed by atoms with Gasteiger partial charge in [0.2, 0.25) is 5.91 Å². The molecule has 1 saturated heterocycles. The van der Waals surface area contributed by atoms with Crippen LogP contribution >= 0.6 is 0 Å². The van der Waals surface area contributed by atoms with E-state index >= 15 is 0 Å². The minimum absolute atomic E-state index is 0.246. The van der Waals surface area contributed by atoms with Crippen molar-refractivity contribution < 1.29 is 4.79 Å². The summed E-state index contributed by atoms with van der Waals surface area (Å²) in [6, 6.07) is 0. The maximum absolute atomic E-state index is 13.0. The lowest BCUT2D eigenvalue weighted by molar-refractivity contribution is -0.137. The van der Waals surface area contributed by atoms with Gasteiger partial charge in [-0.3, -0.25) is 4.79 Å². The molecule has 0 aromatic carbocycles. The van der Waals surface area contributed by atoms with E-state index in [2.05, 4.69) is 16.7 Å². The van der Waals surface area contributed by atoms with Gasteiger partial charge in [0.25, 0.3) is 0 Å². The Bertz CT molecular complexity index is 660. The monoisotopic (exact) mass is 356 g/mol. The second kappa shape index (κ2) is 7.53. The highest BCUT2D eigenvalue weighted by Crippen LogP contribution is 2.32. The standard InChI is InChI=1S/C21H32N4O/c1-15-8-11-24(12-9-15)20-18-14-25(13-10-19(18)22-16(2)23-20)21(26)17-6-4-3-5-7-17/h15,17H,3-14H2,1-2H3. The molecule has 0 bridgehead atoms. The highest BCUT2D eigenvalue weighted by Gasteiger charge is 2.31. The molecule has 3 heterocycles. The number of hydrogen-bond acceptors (Lipinski definition) is 4. The number of carbonyl (C=O) groups is 1. The molecule has 26 heavy (non-hydrogen) atoms. The van der Waals surface area contributed by atoms with Crippen LogP contribution in [0.25, 0.3) is 0 Å². The molecule has 0 atom stereocenters. The molecule has 3 aliphatic rings. The summed E-state index contributed by atoms with van der Waals surface area (Å²) in [5, 5.41) is 0. The Morgan fingerprint density at radius 2 is 1.73 bits per heavy atom. The highest BCUT2D eigenvalue weighted by atomic mass is 16.2. The normalized spacial score (nSPS) is 22.4. The van der Waals surface area contributed by atoms with Gasteiger partial charge in [0.1, 0.15) is 11.6 Å². The number of aromatic nitrogens is 2. The fourth-order valence-corrected chi connectivity index (χ4v) is 4.79. The van der Waals surface area contributed by atoms with Crippen LogP contribution in [0.5, 0.6) is 0 Å². The van der Waals surface area contributed by atoms with Crippen LogP contribution in [0, 0.1) is 18.8 Å². The Hall–Kier alpha value is -1.65. The van der Waals surface area contributed by atoms with Gasteiger partial charge in [-0.2, -0.15) is 0 Å². The first-order chi connectivity index (χ1) is 12.6. The number of hydrogen-bond donors (Lipinski definition) is 0. The van der Waals surface area contributed by atoms with Gasteiger partial charge >= 0.3 is 0 Å². The van der Waals surface area contributed by atoms with E-state index < -0.39 is 0 Å². The van der Waals surface area contributed by atoms with Gasteiger partial charge < -0.3 is 9.80 Å². The predicted octanol–water partition coefficient (Wildman–Crippen LogP) is 3.49. The fourth-order valence-electron chi connectivity index (χ4n) is 4.79. The highest BCUT2D eigenvalue weighted by molar-refractivity contribution is 5.79. The van der Waals surface area contributed by atoms with Crippen molar-refractivity contribution in [2.24, 2.45) is 11.8 Å². The minimum Gasteiger partial charge on any atom is -0.356 e. The van der Waals surface area contributed by atoms with E-state index in [1.807, 2.05) is 6.92 Å². The quantitative estimate of drug-likeness (QED) is 0.814. The van der Waals surface area contributed by atoms with Crippen LogP contribution in [0.3, 0.4) is 0 Å². The molecule has 1 aliphatic carbocycles. The topological polar surface area (TPSA) is 49.3 Å². The van der Waals surface area contributed by atoms with E-state index in [4.69, 9.17) is 9.97 Å². The molecular formula is C21H32N4O. The van der Waals surface area contributed by atoms with Gasteiger partial charge in [0.15, 0.2) is 0 Å². The minimum atomic E-state index is 0.246. The first kappa shape index (κ1) is 17.7. The van der Waals surface area contributed by atoms with Crippen molar-refractivity contribution in [1.29, 1.82) is 0 Å². The van der Waals surface area contributed by atoms with Gasteiger partial charge in [0.05, 0.1) is 12.2 Å². The average Bonchev–Trinajstić information content (AvgIpc) is 2.68. The Kier molecular flexibility index (Phi) is 5.14. The zero-order valence-corrected chi connectivity index (χ0v) is 16.3. The molecule has 0 N–H and O–H groups in total. The summed E-state index contributed by atoms with van der Waals surface area (Å²) in [7, 11) is 0. The second-order valence-corrected chi connectivity index (χ2v) is 8.53. The van der Waals surface area contributed by atoms with E-state index in [9.17, 15) is 4.79 Å². The number of nitrogens with zero attached hydrogens (tertiary/aromatic N) is 4. The van der Waals surface area contributed by atoms with E-state index in [0.29, 0.717) is 12.5 Å². The van der Waals surface area contributed by atoms with Gasteiger partial charge in [-0.05, 0) is 38.5 Å². The van der Waals surface area contributed by atoms with Crippen LogP contribution in [0.2, 0.25) is 0 Å². The van der Waals surface area contributed by atoms with Gasteiger partial charge in [-0.1, -0.05) is 26.2 Å². The summed E-state index contributed by atoms with van der Waals surface area (Å²) < 4.78 is 0. The van der Waals surface area contributed by atoms with Crippen LogP contribution in [0.4, 0.5) is 5.82 Å². The first-order valence-corrected chi connectivity index (χ1v) is 10.5. The maximum atomic E-state index is 13.0. The Morgan fingerprint density at radius 1 is 1.00 bits per heavy atom. The van der Waals surface area contributed by atoms with Crippen LogP contribution in [-0.4, -0.2) is 40.4 Å². The van der Waals surface area contributed by atoms with Crippen LogP contribution in [-0.2, 0) is 17.8 Å². The predicted molar refractivity (Wildman–Crippen MR) is 103 cm³/mol. The lowest BCUT2D eigenvalue weighted by atomic mass is 9.87. The number of fused-ring (bicyclic) bond motifs is 1. The number of carbonyl (C=O) groups excluding carboxylic acids is 1. The molecule has 1 aromatic rings. The summed E-state index contributed by atoms with van der Waals surface area (Å²) in [5.41, 5.74) is 2.37. The van der Waals surface area contributed by atoms with Gasteiger partial charge in [-0.15, -0.1) is 0 Å². The third-order valence-electron chi connectivity index (χ3n) is 6.50. The Labute approximate surface area is 157 Å². The molecule has 1 amide bonds. The zero-order chi connectivity index (χ0) is 18.1. The van der Waals surface area contributed by atoms with Crippen molar-refractivity contribution in [3.8, 4) is 0 Å². The molecule has 1 aromatic heterocycles. The smallest absolute Gasteiger partial charge is 0.225 e. The SMILES string of the molecule is Cc1nc2c(c(N3CCC(C)CC3)n1)CN(C(=O)C1CCCCC1)CC2. The number of rotatable bonds is 2. The summed E-state index contributed by atoms with van der Waals surface area (Å²) in [6.45, 7) is 7.99. The Balaban J connectivity index is 1.56. The van der Waals surface area contributed by atoms with Crippen LogP contribution in [0.1, 0.15) is 69.0 Å². The van der Waals surface area contributed by atoms with Crippen molar-refractivity contribution in [3.63, 3.8) is 0 Å². The van der Waals surface area contributed by atoms with E-state index in [1.165, 1.54) is 43.4 Å². The number of aryl methyl sites for hydroxylation is 1. The number of piperidine rings is 1. The maximum Gasteiger partial charge on any atom is 0.225 e. The summed E-state index contributed by atoms with van der Waals surface area (Å²) >= 11 is 0. The van der Waals surface area contributed by atoms with Crippen molar-refractivity contribution in [3.05, 3.63) is 17.1 Å². The second-order valence-electron chi connectivity index (χ2n) is 8.53. The summed E-state index contributed by atoms with van der Waals surface area (Å²) in [4.78, 5) is 27.1. The third-order valence-corrected chi connectivity index (χ3v) is 6.50. The lowest BCUT2D eigenvalue weighted by Gasteiger charge is -2.37. The number of amides is 1. The number of anilines is 1. The molecule has 0 unspecified atom stereocenters. The largest absolute Gasteiger partial charge is 0.356 e. The molecule has 5 nitrogen and oxygen atoms in total. The fraction of sp³-hybridized carbons (Fsp3) is 0.762. The summed E-state index contributed by atoms with van der Waals surface area (Å²) in [6.07, 6.45) is 9.17. The molecule has 2 aliphatic heterocycles. The van der Waals surface area contributed by atoms with Gasteiger partial charge in [0, 0.05) is 37.5 Å². The van der Waals surface area contributed by atoms with Crippen molar-refractivity contribution >= 4 is 11.7 Å². The van der Waals surface area contributed by atoms with Crippen molar-refractivity contribution in [2.45, 2.75) is 71.8 Å². The first-order valence-electron chi connectivity index (χ1n) is 10.5. The molecule has 4 rings (SSSR count). The van der Waals surface area contributed by atoms with Crippen molar-refractivity contribution in [2.75, 3.05) is 24.5 Å². The van der Waals surface area contributed by atoms with E-state index in [0.717, 1.165) is 56.5 Å². The molecule has 2 fully saturated rings. The molecular weight excluding hydrogens is 324 g/mol. The molecule has 142 valence electrons. The van der Waals surface area contributed by atoms with E-state index in [1.54, 1.807) is 0 Å². The summed E-state index contributed by atoms with van der Waals surface area (Å²) in [5.74, 6) is 3.38. The molecule has 0 spiro atoms. The molecule has 0 radical (unpaired) electrons. The van der Waals surface area contributed by atoms with Gasteiger partial charge in [-0.25, -0.2) is 9.97 Å². The van der Waals surface area contributed by atoms with Crippen molar-refractivity contribution in [1.82, 2.24) is 14.9 Å². The van der Waals surface area contributed by atoms with Crippen LogP contribution < -0.4 is 4.90 Å². The third kappa shape index (κ3) is 3.58. The Morgan fingerprint density at radius 3 is 2.46 bits per heavy atom.